The van der Waals surface area contributed by atoms with Crippen molar-refractivity contribution in [2.45, 2.75) is 70.0 Å². The summed E-state index contributed by atoms with van der Waals surface area (Å²) >= 11 is 12.5. The second-order valence-corrected chi connectivity index (χ2v) is 10.9. The van der Waals surface area contributed by atoms with Crippen molar-refractivity contribution in [3.05, 3.63) is 100 Å². The van der Waals surface area contributed by atoms with Gasteiger partial charge < -0.3 is 15.0 Å². The van der Waals surface area contributed by atoms with Crippen LogP contribution in [0.4, 0.5) is 0 Å². The Kier molecular flexibility index (Phi) is 11.1. The Bertz CT molecular complexity index is 1200. The predicted octanol–water partition coefficient (Wildman–Crippen LogP) is 7.24. The molecule has 0 aliphatic heterocycles. The van der Waals surface area contributed by atoms with E-state index in [-0.39, 0.29) is 30.8 Å². The lowest BCUT2D eigenvalue weighted by atomic mass is 9.94. The van der Waals surface area contributed by atoms with Crippen LogP contribution in [0.5, 0.6) is 5.75 Å². The Morgan fingerprint density at radius 2 is 1.59 bits per heavy atom. The van der Waals surface area contributed by atoms with E-state index in [0.29, 0.717) is 35.2 Å². The normalized spacial score (nSPS) is 14.4. The first-order valence-electron chi connectivity index (χ1n) is 13.7. The first-order valence-corrected chi connectivity index (χ1v) is 14.5. The lowest BCUT2D eigenvalue weighted by Gasteiger charge is -2.33. The Hall–Kier alpha value is -3.02. The summed E-state index contributed by atoms with van der Waals surface area (Å²) in [6.45, 7) is 0.636. The molecule has 0 spiro atoms. The molecule has 2 amide bonds. The van der Waals surface area contributed by atoms with E-state index < -0.39 is 6.04 Å². The molecule has 3 aromatic rings. The van der Waals surface area contributed by atoms with Crippen molar-refractivity contribution in [3.8, 4) is 5.75 Å². The van der Waals surface area contributed by atoms with E-state index >= 15 is 0 Å². The highest BCUT2D eigenvalue weighted by Gasteiger charge is 2.32. The standard InChI is InChI=1S/C32H36Cl2N2O3/c33-26-17-19-28(20-18-26)39-21-9-16-31(37)36(23-25-12-7-8-15-29(25)34)30(22-24-10-3-1-4-11-24)32(38)35-27-13-5-2-6-14-27/h1,3-4,7-8,10-12,15,17-20,27,30H,2,5-6,9,13-14,16,21-23H2,(H,35,38)/t30-/m0/s1. The number of benzene rings is 3. The lowest BCUT2D eigenvalue weighted by Crippen LogP contribution is -2.52. The zero-order valence-corrected chi connectivity index (χ0v) is 23.7. The maximum absolute atomic E-state index is 13.8. The van der Waals surface area contributed by atoms with Crippen LogP contribution in [0.25, 0.3) is 0 Å². The highest BCUT2D eigenvalue weighted by atomic mass is 35.5. The monoisotopic (exact) mass is 566 g/mol. The quantitative estimate of drug-likeness (QED) is 0.235. The van der Waals surface area contributed by atoms with E-state index in [2.05, 4.69) is 5.32 Å². The molecule has 0 aromatic heterocycles. The van der Waals surface area contributed by atoms with Crippen LogP contribution in [-0.2, 0) is 22.6 Å². The number of halogens is 2. The van der Waals surface area contributed by atoms with Crippen LogP contribution in [0.3, 0.4) is 0 Å². The van der Waals surface area contributed by atoms with Crippen molar-refractivity contribution in [2.75, 3.05) is 6.61 Å². The van der Waals surface area contributed by atoms with Crippen LogP contribution in [0.1, 0.15) is 56.1 Å². The summed E-state index contributed by atoms with van der Waals surface area (Å²) in [6, 6.07) is 24.0. The zero-order chi connectivity index (χ0) is 27.5. The smallest absolute Gasteiger partial charge is 0.243 e. The van der Waals surface area contributed by atoms with Gasteiger partial charge in [0.2, 0.25) is 11.8 Å². The van der Waals surface area contributed by atoms with Gasteiger partial charge in [-0.05, 0) is 60.7 Å². The average Bonchev–Trinajstić information content (AvgIpc) is 2.96. The third-order valence-corrected chi connectivity index (χ3v) is 7.76. The molecule has 3 aromatic carbocycles. The first kappa shape index (κ1) is 29.0. The topological polar surface area (TPSA) is 58.6 Å². The molecule has 1 atom stereocenters. The summed E-state index contributed by atoms with van der Waals surface area (Å²) in [5.74, 6) is 0.492. The maximum Gasteiger partial charge on any atom is 0.243 e. The molecule has 1 saturated carbocycles. The van der Waals surface area contributed by atoms with Crippen LogP contribution < -0.4 is 10.1 Å². The molecule has 1 aliphatic rings. The van der Waals surface area contributed by atoms with E-state index in [4.69, 9.17) is 27.9 Å². The Balaban J connectivity index is 1.52. The molecular formula is C32H36Cl2N2O3. The van der Waals surface area contributed by atoms with Crippen molar-refractivity contribution in [1.82, 2.24) is 10.2 Å². The number of ether oxygens (including phenoxy) is 1. The van der Waals surface area contributed by atoms with E-state index in [0.717, 1.165) is 36.8 Å². The second-order valence-electron chi connectivity index (χ2n) is 10.1. The molecule has 4 rings (SSSR count). The highest BCUT2D eigenvalue weighted by Crippen LogP contribution is 2.23. The van der Waals surface area contributed by atoms with Crippen molar-refractivity contribution in [3.63, 3.8) is 0 Å². The molecule has 1 aliphatic carbocycles. The number of rotatable bonds is 12. The van der Waals surface area contributed by atoms with Crippen molar-refractivity contribution in [1.29, 1.82) is 0 Å². The second kappa shape index (κ2) is 14.9. The first-order chi connectivity index (χ1) is 19.0. The molecule has 7 heteroatoms. The fourth-order valence-corrected chi connectivity index (χ4v) is 5.32. The Morgan fingerprint density at radius 1 is 0.897 bits per heavy atom. The van der Waals surface area contributed by atoms with Gasteiger partial charge in [-0.25, -0.2) is 0 Å². The van der Waals surface area contributed by atoms with Gasteiger partial charge in [0.15, 0.2) is 0 Å². The van der Waals surface area contributed by atoms with Gasteiger partial charge in [-0.1, -0.05) is 91.0 Å². The number of amides is 2. The van der Waals surface area contributed by atoms with E-state index in [1.807, 2.05) is 54.6 Å². The third-order valence-electron chi connectivity index (χ3n) is 7.14. The maximum atomic E-state index is 13.8. The fraction of sp³-hybridized carbons (Fsp3) is 0.375. The van der Waals surface area contributed by atoms with E-state index in [9.17, 15) is 9.59 Å². The van der Waals surface area contributed by atoms with Crippen molar-refractivity contribution in [2.24, 2.45) is 0 Å². The summed E-state index contributed by atoms with van der Waals surface area (Å²) in [5.41, 5.74) is 1.82. The van der Waals surface area contributed by atoms with Gasteiger partial charge >= 0.3 is 0 Å². The van der Waals surface area contributed by atoms with Gasteiger partial charge in [-0.3, -0.25) is 9.59 Å². The SMILES string of the molecule is O=C(NC1CCCCC1)[C@H](Cc1ccccc1)N(Cc1ccccc1Cl)C(=O)CCCOc1ccc(Cl)cc1. The Labute approximate surface area is 241 Å². The molecule has 1 fully saturated rings. The molecular weight excluding hydrogens is 531 g/mol. The summed E-state index contributed by atoms with van der Waals surface area (Å²) < 4.78 is 5.80. The molecule has 0 radical (unpaired) electrons. The van der Waals surface area contributed by atoms with Gasteiger partial charge in [-0.15, -0.1) is 0 Å². The molecule has 0 saturated heterocycles. The number of hydrogen-bond acceptors (Lipinski definition) is 3. The number of nitrogens with one attached hydrogen (secondary N) is 1. The molecule has 206 valence electrons. The van der Waals surface area contributed by atoms with E-state index in [1.54, 1.807) is 29.2 Å². The summed E-state index contributed by atoms with van der Waals surface area (Å²) in [5, 5.41) is 4.49. The summed E-state index contributed by atoms with van der Waals surface area (Å²) in [7, 11) is 0. The minimum absolute atomic E-state index is 0.102. The fourth-order valence-electron chi connectivity index (χ4n) is 5.00. The van der Waals surface area contributed by atoms with Gasteiger partial charge in [0.25, 0.3) is 0 Å². The molecule has 39 heavy (non-hydrogen) atoms. The van der Waals surface area contributed by atoms with Crippen LogP contribution in [0.15, 0.2) is 78.9 Å². The minimum Gasteiger partial charge on any atom is -0.494 e. The van der Waals surface area contributed by atoms with Crippen molar-refractivity contribution >= 4 is 35.0 Å². The number of carbonyl (C=O) groups is 2. The average molecular weight is 568 g/mol. The molecule has 5 nitrogen and oxygen atoms in total. The zero-order valence-electron chi connectivity index (χ0n) is 22.2. The van der Waals surface area contributed by atoms with Crippen LogP contribution in [0, 0.1) is 0 Å². The largest absolute Gasteiger partial charge is 0.494 e. The van der Waals surface area contributed by atoms with Crippen molar-refractivity contribution < 1.29 is 14.3 Å². The predicted molar refractivity (Wildman–Crippen MR) is 157 cm³/mol. The van der Waals surface area contributed by atoms with Crippen LogP contribution in [-0.4, -0.2) is 35.4 Å². The summed E-state index contributed by atoms with van der Waals surface area (Å²) in [4.78, 5) is 29.3. The third kappa shape index (κ3) is 9.01. The molecule has 0 unspecified atom stereocenters. The lowest BCUT2D eigenvalue weighted by molar-refractivity contribution is -0.141. The Morgan fingerprint density at radius 3 is 2.31 bits per heavy atom. The summed E-state index contributed by atoms with van der Waals surface area (Å²) in [6.07, 6.45) is 6.58. The highest BCUT2D eigenvalue weighted by molar-refractivity contribution is 6.31. The number of hydrogen-bond donors (Lipinski definition) is 1. The molecule has 1 N–H and O–H groups in total. The molecule has 0 bridgehead atoms. The van der Waals surface area contributed by atoms with Gasteiger partial charge in [0.1, 0.15) is 11.8 Å². The van der Waals surface area contributed by atoms with Gasteiger partial charge in [0.05, 0.1) is 6.61 Å². The molecule has 0 heterocycles. The number of carbonyl (C=O) groups excluding carboxylic acids is 2. The van der Waals surface area contributed by atoms with Gasteiger partial charge in [0, 0.05) is 35.5 Å². The number of nitrogens with zero attached hydrogens (tertiary/aromatic N) is 1. The van der Waals surface area contributed by atoms with Gasteiger partial charge in [-0.2, -0.15) is 0 Å². The minimum atomic E-state index is -0.657. The van der Waals surface area contributed by atoms with Crippen LogP contribution in [0.2, 0.25) is 10.0 Å². The van der Waals surface area contributed by atoms with Crippen LogP contribution >= 0.6 is 23.2 Å². The van der Waals surface area contributed by atoms with E-state index in [1.165, 1.54) is 6.42 Å².